The van der Waals surface area contributed by atoms with E-state index in [0.717, 1.165) is 43.5 Å². The zero-order chi connectivity index (χ0) is 16.0. The minimum absolute atomic E-state index is 0.141. The van der Waals surface area contributed by atoms with E-state index in [1.165, 1.54) is 11.2 Å². The Labute approximate surface area is 139 Å². The molecule has 0 aliphatic heterocycles. The summed E-state index contributed by atoms with van der Waals surface area (Å²) in [6.45, 7) is 4.58. The van der Waals surface area contributed by atoms with Gasteiger partial charge in [-0.3, -0.25) is 10.1 Å². The second-order valence-corrected chi connectivity index (χ2v) is 8.36. The molecule has 0 unspecified atom stereocenters. The van der Waals surface area contributed by atoms with Crippen molar-refractivity contribution in [2.75, 3.05) is 5.32 Å². The maximum Gasteiger partial charge on any atom is 0.260 e. The van der Waals surface area contributed by atoms with Crippen LogP contribution in [0.25, 0.3) is 0 Å². The van der Waals surface area contributed by atoms with Crippen LogP contribution in [0.2, 0.25) is 0 Å². The van der Waals surface area contributed by atoms with E-state index in [2.05, 4.69) is 34.1 Å². The Morgan fingerprint density at radius 3 is 3.00 bits per heavy atom. The van der Waals surface area contributed by atoms with Crippen LogP contribution >= 0.6 is 11.3 Å². The molecule has 5 nitrogen and oxygen atoms in total. The maximum atomic E-state index is 12.6. The van der Waals surface area contributed by atoms with Gasteiger partial charge in [0.15, 0.2) is 5.13 Å². The van der Waals surface area contributed by atoms with E-state index in [4.69, 9.17) is 0 Å². The van der Waals surface area contributed by atoms with Crippen molar-refractivity contribution in [1.82, 2.24) is 15.0 Å². The summed E-state index contributed by atoms with van der Waals surface area (Å²) in [5, 5.41) is 3.65. The number of fused-ring (bicyclic) bond motifs is 1. The number of thiazole rings is 1. The minimum Gasteiger partial charge on any atom is -0.298 e. The molecule has 2 aliphatic rings. The summed E-state index contributed by atoms with van der Waals surface area (Å²) in [7, 11) is 0. The first-order chi connectivity index (χ1) is 11.0. The van der Waals surface area contributed by atoms with Crippen LogP contribution in [-0.4, -0.2) is 20.9 Å². The van der Waals surface area contributed by atoms with Crippen LogP contribution in [0.1, 0.15) is 65.7 Å². The fraction of sp³-hybridized carbons (Fsp3) is 0.529. The Morgan fingerprint density at radius 1 is 1.39 bits per heavy atom. The standard InChI is InChI=1S/C17H20N4OS/c1-17(2)6-5-12-13(7-17)23-16(20-12)21-15(22)11-8-18-9-19-14(11)10-3-4-10/h8-10H,3-7H2,1-2H3,(H,20,21,22). The van der Waals surface area contributed by atoms with Crippen molar-refractivity contribution < 1.29 is 4.79 Å². The second kappa shape index (κ2) is 5.37. The number of carbonyl (C=O) groups excluding carboxylic acids is 1. The molecule has 1 N–H and O–H groups in total. The van der Waals surface area contributed by atoms with Gasteiger partial charge >= 0.3 is 0 Å². The Bertz CT molecular complexity index is 764. The Balaban J connectivity index is 1.55. The van der Waals surface area contributed by atoms with Gasteiger partial charge in [-0.25, -0.2) is 15.0 Å². The summed E-state index contributed by atoms with van der Waals surface area (Å²) in [5.41, 5.74) is 2.94. The predicted molar refractivity (Wildman–Crippen MR) is 89.9 cm³/mol. The number of aromatic nitrogens is 3. The molecule has 1 amide bonds. The van der Waals surface area contributed by atoms with Crippen LogP contribution in [0.3, 0.4) is 0 Å². The van der Waals surface area contributed by atoms with E-state index in [9.17, 15) is 4.79 Å². The number of carbonyl (C=O) groups is 1. The van der Waals surface area contributed by atoms with E-state index in [1.54, 1.807) is 17.5 Å². The van der Waals surface area contributed by atoms with Gasteiger partial charge in [0.2, 0.25) is 0 Å². The topological polar surface area (TPSA) is 67.8 Å². The molecule has 2 heterocycles. The van der Waals surface area contributed by atoms with Crippen LogP contribution in [0.5, 0.6) is 0 Å². The third kappa shape index (κ3) is 3.00. The van der Waals surface area contributed by atoms with Gasteiger partial charge in [0.1, 0.15) is 6.33 Å². The first-order valence-corrected chi connectivity index (χ1v) is 8.93. The van der Waals surface area contributed by atoms with E-state index in [0.29, 0.717) is 22.0 Å². The lowest BCUT2D eigenvalue weighted by Crippen LogP contribution is -2.20. The van der Waals surface area contributed by atoms with E-state index >= 15 is 0 Å². The van der Waals surface area contributed by atoms with Crippen molar-refractivity contribution in [3.05, 3.63) is 34.4 Å². The van der Waals surface area contributed by atoms with Crippen molar-refractivity contribution in [1.29, 1.82) is 0 Å². The zero-order valence-electron chi connectivity index (χ0n) is 13.4. The lowest BCUT2D eigenvalue weighted by molar-refractivity contribution is 0.102. The van der Waals surface area contributed by atoms with E-state index in [1.807, 2.05) is 0 Å². The molecule has 23 heavy (non-hydrogen) atoms. The van der Waals surface area contributed by atoms with Crippen LogP contribution in [0.15, 0.2) is 12.5 Å². The number of amides is 1. The van der Waals surface area contributed by atoms with Crippen molar-refractivity contribution in [2.45, 2.75) is 51.9 Å². The van der Waals surface area contributed by atoms with Gasteiger partial charge in [0.25, 0.3) is 5.91 Å². The molecule has 2 aromatic heterocycles. The molecule has 4 rings (SSSR count). The second-order valence-electron chi connectivity index (χ2n) is 7.28. The fourth-order valence-corrected chi connectivity index (χ4v) is 4.37. The molecular formula is C17H20N4OS. The van der Waals surface area contributed by atoms with Crippen LogP contribution in [-0.2, 0) is 12.8 Å². The summed E-state index contributed by atoms with van der Waals surface area (Å²) >= 11 is 1.61. The smallest absolute Gasteiger partial charge is 0.260 e. The first kappa shape index (κ1) is 14.8. The minimum atomic E-state index is -0.141. The third-order valence-corrected chi connectivity index (χ3v) is 5.64. The van der Waals surface area contributed by atoms with Gasteiger partial charge in [-0.05, 0) is 37.5 Å². The van der Waals surface area contributed by atoms with Crippen LogP contribution in [0, 0.1) is 5.41 Å². The maximum absolute atomic E-state index is 12.6. The summed E-state index contributed by atoms with van der Waals surface area (Å²) in [4.78, 5) is 26.8. The molecular weight excluding hydrogens is 308 g/mol. The molecule has 1 saturated carbocycles. The summed E-state index contributed by atoms with van der Waals surface area (Å²) in [6.07, 6.45) is 8.54. The predicted octanol–water partition coefficient (Wildman–Crippen LogP) is 3.58. The van der Waals surface area contributed by atoms with Crippen molar-refractivity contribution >= 4 is 22.4 Å². The van der Waals surface area contributed by atoms with Gasteiger partial charge in [-0.1, -0.05) is 13.8 Å². The van der Waals surface area contributed by atoms with Crippen molar-refractivity contribution in [2.24, 2.45) is 5.41 Å². The molecule has 0 radical (unpaired) electrons. The number of anilines is 1. The van der Waals surface area contributed by atoms with Crippen molar-refractivity contribution in [3.63, 3.8) is 0 Å². The Morgan fingerprint density at radius 2 is 2.22 bits per heavy atom. The van der Waals surface area contributed by atoms with Gasteiger partial charge < -0.3 is 0 Å². The molecule has 0 atom stereocenters. The van der Waals surface area contributed by atoms with Gasteiger partial charge in [-0.15, -0.1) is 11.3 Å². The highest BCUT2D eigenvalue weighted by Gasteiger charge is 2.31. The van der Waals surface area contributed by atoms with Gasteiger partial charge in [0, 0.05) is 17.0 Å². The SMILES string of the molecule is CC1(C)CCc2nc(NC(=O)c3cncnc3C3CC3)sc2C1. The number of aryl methyl sites for hydroxylation is 1. The quantitative estimate of drug-likeness (QED) is 0.935. The summed E-state index contributed by atoms with van der Waals surface area (Å²) in [6, 6.07) is 0. The highest BCUT2D eigenvalue weighted by Crippen LogP contribution is 2.41. The third-order valence-electron chi connectivity index (χ3n) is 4.63. The van der Waals surface area contributed by atoms with Gasteiger partial charge in [0.05, 0.1) is 17.0 Å². The average Bonchev–Trinajstić information content (AvgIpc) is 3.28. The summed E-state index contributed by atoms with van der Waals surface area (Å²) < 4.78 is 0. The molecule has 0 spiro atoms. The van der Waals surface area contributed by atoms with Gasteiger partial charge in [-0.2, -0.15) is 0 Å². The fourth-order valence-electron chi connectivity index (χ4n) is 3.11. The number of nitrogens with one attached hydrogen (secondary N) is 1. The Hall–Kier alpha value is -1.82. The number of hydrogen-bond donors (Lipinski definition) is 1. The normalized spacial score (nSPS) is 19.2. The van der Waals surface area contributed by atoms with E-state index in [-0.39, 0.29) is 5.91 Å². The first-order valence-electron chi connectivity index (χ1n) is 8.12. The number of rotatable bonds is 3. The summed E-state index contributed by atoms with van der Waals surface area (Å²) in [5.74, 6) is 0.280. The lowest BCUT2D eigenvalue weighted by atomic mass is 9.79. The molecule has 2 aromatic rings. The average molecular weight is 328 g/mol. The van der Waals surface area contributed by atoms with Crippen LogP contribution < -0.4 is 5.32 Å². The number of nitrogens with zero attached hydrogens (tertiary/aromatic N) is 3. The van der Waals surface area contributed by atoms with E-state index < -0.39 is 0 Å². The molecule has 0 saturated heterocycles. The largest absolute Gasteiger partial charge is 0.298 e. The molecule has 2 aliphatic carbocycles. The Kier molecular flexibility index (Phi) is 3.44. The highest BCUT2D eigenvalue weighted by atomic mass is 32.1. The van der Waals surface area contributed by atoms with Crippen molar-refractivity contribution in [3.8, 4) is 0 Å². The number of hydrogen-bond acceptors (Lipinski definition) is 5. The molecule has 6 heteroatoms. The molecule has 1 fully saturated rings. The zero-order valence-corrected chi connectivity index (χ0v) is 14.2. The lowest BCUT2D eigenvalue weighted by Gasteiger charge is -2.28. The molecule has 0 bridgehead atoms. The highest BCUT2D eigenvalue weighted by molar-refractivity contribution is 7.15. The molecule has 120 valence electrons. The monoisotopic (exact) mass is 328 g/mol. The molecule has 0 aromatic carbocycles. The van der Waals surface area contributed by atoms with Crippen LogP contribution in [0.4, 0.5) is 5.13 Å².